The fourth-order valence-corrected chi connectivity index (χ4v) is 3.53. The Morgan fingerprint density at radius 2 is 2.00 bits per heavy atom. The first kappa shape index (κ1) is 17.8. The average molecular weight is 362 g/mol. The summed E-state index contributed by atoms with van der Waals surface area (Å²) in [4.78, 5) is 20.7. The molecule has 0 saturated carbocycles. The van der Waals surface area contributed by atoms with Gasteiger partial charge in [-0.3, -0.25) is 4.79 Å². The van der Waals surface area contributed by atoms with E-state index in [4.69, 9.17) is 0 Å². The number of hydrogen-bond acceptors (Lipinski definition) is 5. The minimum Gasteiger partial charge on any atom is -0.341 e. The van der Waals surface area contributed by atoms with E-state index < -0.39 is 0 Å². The van der Waals surface area contributed by atoms with Crippen LogP contribution in [0.3, 0.4) is 0 Å². The molecule has 1 fully saturated rings. The molecule has 7 heteroatoms. The Labute approximate surface area is 151 Å². The highest BCUT2D eigenvalue weighted by Gasteiger charge is 2.22. The average Bonchev–Trinajstić information content (AvgIpc) is 3.06. The molecule has 2 heterocycles. The van der Waals surface area contributed by atoms with Crippen molar-refractivity contribution in [1.29, 1.82) is 0 Å². The molecule has 1 amide bonds. The minimum atomic E-state index is -0.249. The molecular weight excluding hydrogens is 339 g/mol. The van der Waals surface area contributed by atoms with Crippen LogP contribution in [0.5, 0.6) is 0 Å². The first-order valence-corrected chi connectivity index (χ1v) is 9.34. The van der Waals surface area contributed by atoms with Crippen molar-refractivity contribution in [2.75, 3.05) is 31.6 Å². The molecule has 0 bridgehead atoms. The molecular formula is C18H23FN4OS. The lowest BCUT2D eigenvalue weighted by Crippen LogP contribution is -2.43. The maximum Gasteiger partial charge on any atom is 0.242 e. The summed E-state index contributed by atoms with van der Waals surface area (Å²) in [5, 5.41) is 0.732. The normalized spacial score (nSPS) is 15.4. The fourth-order valence-electron chi connectivity index (χ4n) is 2.88. The van der Waals surface area contributed by atoms with E-state index in [1.807, 2.05) is 16.8 Å². The van der Waals surface area contributed by atoms with Crippen molar-refractivity contribution in [2.45, 2.75) is 26.2 Å². The van der Waals surface area contributed by atoms with Crippen LogP contribution < -0.4 is 4.90 Å². The molecule has 1 aliphatic rings. The van der Waals surface area contributed by atoms with Crippen molar-refractivity contribution in [3.05, 3.63) is 41.5 Å². The van der Waals surface area contributed by atoms with E-state index >= 15 is 0 Å². The molecule has 134 valence electrons. The SMILES string of the molecule is CC1CCN(C(=O)CN(C)c2nc(Cc3ccc(F)cc3)ns2)CC1. The predicted octanol–water partition coefficient (Wildman–Crippen LogP) is 2.96. The van der Waals surface area contributed by atoms with Crippen molar-refractivity contribution in [3.8, 4) is 0 Å². The van der Waals surface area contributed by atoms with Crippen molar-refractivity contribution in [1.82, 2.24) is 14.3 Å². The van der Waals surface area contributed by atoms with E-state index in [1.54, 1.807) is 12.1 Å². The topological polar surface area (TPSA) is 49.3 Å². The van der Waals surface area contributed by atoms with E-state index in [2.05, 4.69) is 16.3 Å². The number of carbonyl (C=O) groups excluding carboxylic acids is 1. The van der Waals surface area contributed by atoms with Gasteiger partial charge in [-0.15, -0.1) is 0 Å². The molecule has 1 aromatic carbocycles. The molecule has 0 atom stereocenters. The third-order valence-electron chi connectivity index (χ3n) is 4.57. The second-order valence-electron chi connectivity index (χ2n) is 6.72. The minimum absolute atomic E-state index is 0.143. The molecule has 5 nitrogen and oxygen atoms in total. The third kappa shape index (κ3) is 4.75. The van der Waals surface area contributed by atoms with E-state index in [0.29, 0.717) is 24.7 Å². The van der Waals surface area contributed by atoms with E-state index in [9.17, 15) is 9.18 Å². The summed E-state index contributed by atoms with van der Waals surface area (Å²) in [7, 11) is 1.87. The van der Waals surface area contributed by atoms with E-state index in [1.165, 1.54) is 23.7 Å². The molecule has 1 aromatic heterocycles. The zero-order valence-corrected chi connectivity index (χ0v) is 15.4. The Morgan fingerprint density at radius 3 is 2.68 bits per heavy atom. The standard InChI is InChI=1S/C18H23FN4OS/c1-13-7-9-23(10-8-13)17(24)12-22(2)18-20-16(21-25-18)11-14-3-5-15(19)6-4-14/h3-6,13H,7-12H2,1-2H3. The number of benzene rings is 1. The molecule has 1 saturated heterocycles. The van der Waals surface area contributed by atoms with Gasteiger partial charge in [0.05, 0.1) is 6.54 Å². The fraction of sp³-hybridized carbons (Fsp3) is 0.500. The number of piperidine rings is 1. The summed E-state index contributed by atoms with van der Waals surface area (Å²) in [5.74, 6) is 1.29. The summed E-state index contributed by atoms with van der Waals surface area (Å²) in [6, 6.07) is 6.35. The van der Waals surface area contributed by atoms with E-state index in [-0.39, 0.29) is 11.7 Å². The largest absolute Gasteiger partial charge is 0.341 e. The lowest BCUT2D eigenvalue weighted by atomic mass is 9.99. The van der Waals surface area contributed by atoms with Gasteiger partial charge in [-0.05, 0) is 36.5 Å². The monoisotopic (exact) mass is 362 g/mol. The van der Waals surface area contributed by atoms with Gasteiger partial charge in [0.2, 0.25) is 11.0 Å². The molecule has 0 unspecified atom stereocenters. The number of amides is 1. The van der Waals surface area contributed by atoms with Gasteiger partial charge in [-0.1, -0.05) is 19.1 Å². The van der Waals surface area contributed by atoms with Crippen LogP contribution in [0.4, 0.5) is 9.52 Å². The summed E-state index contributed by atoms with van der Waals surface area (Å²) in [6.45, 7) is 4.25. The number of rotatable bonds is 5. The number of halogens is 1. The van der Waals surface area contributed by atoms with Gasteiger partial charge in [0, 0.05) is 38.1 Å². The smallest absolute Gasteiger partial charge is 0.242 e. The van der Waals surface area contributed by atoms with E-state index in [0.717, 1.165) is 36.6 Å². The maximum atomic E-state index is 13.0. The van der Waals surface area contributed by atoms with Crippen molar-refractivity contribution < 1.29 is 9.18 Å². The maximum absolute atomic E-state index is 13.0. The zero-order valence-electron chi connectivity index (χ0n) is 14.6. The van der Waals surface area contributed by atoms with Crippen LogP contribution >= 0.6 is 11.5 Å². The van der Waals surface area contributed by atoms with Crippen LogP contribution in [0.15, 0.2) is 24.3 Å². The molecule has 1 aliphatic heterocycles. The summed E-state index contributed by atoms with van der Waals surface area (Å²) in [6.07, 6.45) is 2.72. The zero-order chi connectivity index (χ0) is 17.8. The number of likely N-dealkylation sites (N-methyl/N-ethyl adjacent to an activating group) is 1. The van der Waals surface area contributed by atoms with Crippen LogP contribution in [0.1, 0.15) is 31.2 Å². The van der Waals surface area contributed by atoms with Gasteiger partial charge < -0.3 is 9.80 Å². The molecule has 0 spiro atoms. The highest BCUT2D eigenvalue weighted by molar-refractivity contribution is 7.09. The highest BCUT2D eigenvalue weighted by atomic mass is 32.1. The Balaban J connectivity index is 1.55. The third-order valence-corrected chi connectivity index (χ3v) is 5.44. The second kappa shape index (κ2) is 7.91. The Morgan fingerprint density at radius 1 is 1.32 bits per heavy atom. The Bertz CT molecular complexity index is 710. The lowest BCUT2D eigenvalue weighted by molar-refractivity contribution is -0.130. The number of likely N-dealkylation sites (tertiary alicyclic amines) is 1. The quantitative estimate of drug-likeness (QED) is 0.821. The van der Waals surface area contributed by atoms with Crippen molar-refractivity contribution in [3.63, 3.8) is 0 Å². The summed E-state index contributed by atoms with van der Waals surface area (Å²) >= 11 is 1.29. The van der Waals surface area contributed by atoms with Crippen LogP contribution in [0.25, 0.3) is 0 Å². The Kier molecular flexibility index (Phi) is 5.63. The second-order valence-corrected chi connectivity index (χ2v) is 7.45. The van der Waals surface area contributed by atoms with Gasteiger partial charge in [0.25, 0.3) is 0 Å². The van der Waals surface area contributed by atoms with Gasteiger partial charge in [0.15, 0.2) is 0 Å². The summed E-state index contributed by atoms with van der Waals surface area (Å²) in [5.41, 5.74) is 0.965. The Hall–Kier alpha value is -2.02. The molecule has 3 rings (SSSR count). The van der Waals surface area contributed by atoms with Gasteiger partial charge in [-0.25, -0.2) is 9.37 Å². The summed E-state index contributed by atoms with van der Waals surface area (Å²) < 4.78 is 17.3. The molecule has 25 heavy (non-hydrogen) atoms. The number of hydrogen-bond donors (Lipinski definition) is 0. The predicted molar refractivity (Wildman–Crippen MR) is 97.4 cm³/mol. The van der Waals surface area contributed by atoms with Gasteiger partial charge in [-0.2, -0.15) is 4.37 Å². The molecule has 2 aromatic rings. The first-order valence-electron chi connectivity index (χ1n) is 8.57. The molecule has 0 aliphatic carbocycles. The van der Waals surface area contributed by atoms with Crippen LogP contribution in [-0.4, -0.2) is 46.8 Å². The van der Waals surface area contributed by atoms with Crippen molar-refractivity contribution >= 4 is 22.6 Å². The van der Waals surface area contributed by atoms with Crippen LogP contribution in [0.2, 0.25) is 0 Å². The van der Waals surface area contributed by atoms with Crippen LogP contribution in [-0.2, 0) is 11.2 Å². The number of anilines is 1. The molecule has 0 radical (unpaired) electrons. The van der Waals surface area contributed by atoms with Crippen molar-refractivity contribution in [2.24, 2.45) is 5.92 Å². The lowest BCUT2D eigenvalue weighted by Gasteiger charge is -2.31. The number of aromatic nitrogens is 2. The molecule has 0 N–H and O–H groups in total. The first-order chi connectivity index (χ1) is 12.0. The van der Waals surface area contributed by atoms with Gasteiger partial charge >= 0.3 is 0 Å². The van der Waals surface area contributed by atoms with Gasteiger partial charge in [0.1, 0.15) is 11.6 Å². The number of carbonyl (C=O) groups is 1. The number of nitrogens with zero attached hydrogens (tertiary/aromatic N) is 4. The highest BCUT2D eigenvalue weighted by Crippen LogP contribution is 2.20. The van der Waals surface area contributed by atoms with Crippen LogP contribution in [0, 0.1) is 11.7 Å².